The minimum Gasteiger partial charge on any atom is -0.450 e. The number of carbonyl (C=O) groups excluding carboxylic acids is 2. The highest BCUT2D eigenvalue weighted by Gasteiger charge is 2.26. The third kappa shape index (κ3) is 4.68. The smallest absolute Gasteiger partial charge is 0.276 e. The average molecular weight is 518 g/mol. The number of hydrogen-bond donors (Lipinski definition) is 1. The summed E-state index contributed by atoms with van der Waals surface area (Å²) in [5.41, 5.74) is 0.428. The van der Waals surface area contributed by atoms with Crippen molar-refractivity contribution in [3.63, 3.8) is 0 Å². The van der Waals surface area contributed by atoms with E-state index in [1.54, 1.807) is 43.3 Å². The molecule has 0 radical (unpaired) electrons. The highest BCUT2D eigenvalue weighted by atomic mass is 35.5. The van der Waals surface area contributed by atoms with Gasteiger partial charge in [-0.05, 0) is 42.8 Å². The van der Waals surface area contributed by atoms with Crippen molar-refractivity contribution in [3.8, 4) is 0 Å². The first-order chi connectivity index (χ1) is 16.2. The van der Waals surface area contributed by atoms with Gasteiger partial charge in [0, 0.05) is 16.0 Å². The molecular weight excluding hydrogens is 501 g/mol. The van der Waals surface area contributed by atoms with Crippen molar-refractivity contribution in [3.05, 3.63) is 81.8 Å². The van der Waals surface area contributed by atoms with Gasteiger partial charge in [0.1, 0.15) is 5.58 Å². The zero-order valence-corrected chi connectivity index (χ0v) is 20.0. The number of anilines is 1. The summed E-state index contributed by atoms with van der Waals surface area (Å²) >= 11 is 12.0. The maximum atomic E-state index is 13.2. The van der Waals surface area contributed by atoms with E-state index < -0.39 is 26.7 Å². The van der Waals surface area contributed by atoms with Gasteiger partial charge in [-0.3, -0.25) is 9.59 Å². The molecule has 0 saturated heterocycles. The molecule has 0 bridgehead atoms. The second kappa shape index (κ2) is 9.54. The molecule has 1 N–H and O–H groups in total. The van der Waals surface area contributed by atoms with E-state index in [-0.39, 0.29) is 27.9 Å². The summed E-state index contributed by atoms with van der Waals surface area (Å²) in [4.78, 5) is 33.9. The van der Waals surface area contributed by atoms with E-state index in [0.29, 0.717) is 28.0 Å². The number of para-hydroxylation sites is 1. The van der Waals surface area contributed by atoms with Crippen molar-refractivity contribution in [2.75, 3.05) is 11.1 Å². The molecule has 174 valence electrons. The Balaban J connectivity index is 1.77. The Bertz CT molecular complexity index is 1520. The number of nitrogens with one attached hydrogen (secondary N) is 1. The van der Waals surface area contributed by atoms with Gasteiger partial charge in [-0.1, -0.05) is 42.3 Å². The Morgan fingerprint density at radius 3 is 2.47 bits per heavy atom. The van der Waals surface area contributed by atoms with Crippen LogP contribution >= 0.6 is 23.2 Å². The molecule has 1 amide bonds. The number of halogens is 2. The topological polar surface area (TPSA) is 119 Å². The van der Waals surface area contributed by atoms with Crippen molar-refractivity contribution in [1.82, 2.24) is 9.97 Å². The first-order valence-corrected chi connectivity index (χ1v) is 12.5. The van der Waals surface area contributed by atoms with Gasteiger partial charge in [0.05, 0.1) is 22.7 Å². The van der Waals surface area contributed by atoms with E-state index in [9.17, 15) is 18.0 Å². The standard InChI is InChI=1S/C23H17Cl2N3O5S/c1-2-11-34(31,32)23-26-12-16(25)19(28-23)22(30)27-18-15-5-3-4-6-17(15)33-21(18)20(29)13-7-9-14(24)10-8-13/h3-10,12H,2,11H2,1H3,(H,27,30). The van der Waals surface area contributed by atoms with Crippen LogP contribution < -0.4 is 5.32 Å². The molecule has 2 aromatic carbocycles. The van der Waals surface area contributed by atoms with Crippen LogP contribution in [0.3, 0.4) is 0 Å². The molecule has 2 heterocycles. The third-order valence-corrected chi connectivity index (χ3v) is 7.06. The van der Waals surface area contributed by atoms with Gasteiger partial charge in [-0.25, -0.2) is 18.4 Å². The molecule has 0 aliphatic rings. The van der Waals surface area contributed by atoms with Gasteiger partial charge in [0.2, 0.25) is 20.8 Å². The van der Waals surface area contributed by atoms with Crippen LogP contribution in [0.2, 0.25) is 10.0 Å². The molecule has 8 nitrogen and oxygen atoms in total. The SMILES string of the molecule is CCCS(=O)(=O)c1ncc(Cl)c(C(=O)Nc2c(C(=O)c3ccc(Cl)cc3)oc3ccccc23)n1. The number of ketones is 1. The molecule has 0 aliphatic heterocycles. The van der Waals surface area contributed by atoms with E-state index >= 15 is 0 Å². The van der Waals surface area contributed by atoms with Crippen molar-refractivity contribution in [2.45, 2.75) is 18.5 Å². The van der Waals surface area contributed by atoms with Crippen LogP contribution in [-0.4, -0.2) is 35.8 Å². The number of fused-ring (bicyclic) bond motifs is 1. The monoisotopic (exact) mass is 517 g/mol. The Morgan fingerprint density at radius 2 is 1.76 bits per heavy atom. The van der Waals surface area contributed by atoms with Crippen LogP contribution in [0.5, 0.6) is 0 Å². The van der Waals surface area contributed by atoms with E-state index in [2.05, 4.69) is 15.3 Å². The number of sulfone groups is 1. The highest BCUT2D eigenvalue weighted by Crippen LogP contribution is 2.33. The highest BCUT2D eigenvalue weighted by molar-refractivity contribution is 7.91. The first-order valence-electron chi connectivity index (χ1n) is 10.1. The number of furan rings is 1. The van der Waals surface area contributed by atoms with Gasteiger partial charge in [-0.2, -0.15) is 0 Å². The van der Waals surface area contributed by atoms with Crippen LogP contribution in [0.25, 0.3) is 11.0 Å². The molecule has 0 atom stereocenters. The fourth-order valence-electron chi connectivity index (χ4n) is 3.25. The molecule has 11 heteroatoms. The average Bonchev–Trinajstić information content (AvgIpc) is 3.17. The summed E-state index contributed by atoms with van der Waals surface area (Å²) in [6, 6.07) is 13.0. The van der Waals surface area contributed by atoms with E-state index in [0.717, 1.165) is 6.20 Å². The van der Waals surface area contributed by atoms with Gasteiger partial charge < -0.3 is 9.73 Å². The molecule has 34 heavy (non-hydrogen) atoms. The van der Waals surface area contributed by atoms with Gasteiger partial charge in [0.15, 0.2) is 11.5 Å². The lowest BCUT2D eigenvalue weighted by Gasteiger charge is -2.08. The normalized spacial score (nSPS) is 11.5. The van der Waals surface area contributed by atoms with Crippen LogP contribution in [-0.2, 0) is 9.84 Å². The lowest BCUT2D eigenvalue weighted by molar-refractivity contribution is 0.101. The van der Waals surface area contributed by atoms with Crippen LogP contribution in [0.15, 0.2) is 64.3 Å². The minimum absolute atomic E-state index is 0.105. The number of amides is 1. The summed E-state index contributed by atoms with van der Waals surface area (Å²) < 4.78 is 30.5. The van der Waals surface area contributed by atoms with E-state index in [1.165, 1.54) is 12.1 Å². The molecule has 0 saturated carbocycles. The third-order valence-electron chi connectivity index (χ3n) is 4.83. The lowest BCUT2D eigenvalue weighted by atomic mass is 10.1. The zero-order valence-electron chi connectivity index (χ0n) is 17.7. The van der Waals surface area contributed by atoms with E-state index in [4.69, 9.17) is 27.6 Å². The molecular formula is C23H17Cl2N3O5S. The fraction of sp³-hybridized carbons (Fsp3) is 0.130. The maximum absolute atomic E-state index is 13.2. The fourth-order valence-corrected chi connectivity index (χ4v) is 4.72. The molecule has 4 rings (SSSR count). The summed E-state index contributed by atoms with van der Waals surface area (Å²) in [5.74, 6) is -1.59. The van der Waals surface area contributed by atoms with E-state index in [1.807, 2.05) is 0 Å². The Hall–Kier alpha value is -3.27. The maximum Gasteiger partial charge on any atom is 0.276 e. The van der Waals surface area contributed by atoms with Crippen molar-refractivity contribution in [2.24, 2.45) is 0 Å². The minimum atomic E-state index is -3.79. The summed E-state index contributed by atoms with van der Waals surface area (Å²) in [5, 5.41) is 2.90. The largest absolute Gasteiger partial charge is 0.450 e. The lowest BCUT2D eigenvalue weighted by Crippen LogP contribution is -2.19. The van der Waals surface area contributed by atoms with Crippen molar-refractivity contribution < 1.29 is 22.4 Å². The number of carbonyl (C=O) groups is 2. The molecule has 0 fully saturated rings. The zero-order chi connectivity index (χ0) is 24.5. The molecule has 0 spiro atoms. The number of nitrogens with zero attached hydrogens (tertiary/aromatic N) is 2. The number of rotatable bonds is 7. The molecule has 0 aliphatic carbocycles. The predicted octanol–water partition coefficient (Wildman–Crippen LogP) is 5.20. The quantitative estimate of drug-likeness (QED) is 0.264. The number of benzene rings is 2. The predicted molar refractivity (Wildman–Crippen MR) is 128 cm³/mol. The van der Waals surface area contributed by atoms with Gasteiger partial charge in [0.25, 0.3) is 5.91 Å². The van der Waals surface area contributed by atoms with Gasteiger partial charge in [-0.15, -0.1) is 0 Å². The van der Waals surface area contributed by atoms with Crippen molar-refractivity contribution in [1.29, 1.82) is 0 Å². The molecule has 4 aromatic rings. The Morgan fingerprint density at radius 1 is 1.06 bits per heavy atom. The Labute approximate surface area is 204 Å². The van der Waals surface area contributed by atoms with Crippen LogP contribution in [0, 0.1) is 0 Å². The second-order valence-electron chi connectivity index (χ2n) is 7.26. The van der Waals surface area contributed by atoms with Crippen LogP contribution in [0.1, 0.15) is 40.0 Å². The van der Waals surface area contributed by atoms with Crippen LogP contribution in [0.4, 0.5) is 5.69 Å². The van der Waals surface area contributed by atoms with Gasteiger partial charge >= 0.3 is 0 Å². The van der Waals surface area contributed by atoms with Crippen molar-refractivity contribution >= 4 is 61.4 Å². The Kier molecular flexibility index (Phi) is 6.70. The summed E-state index contributed by atoms with van der Waals surface area (Å²) in [7, 11) is -3.79. The summed E-state index contributed by atoms with van der Waals surface area (Å²) in [6.07, 6.45) is 1.41. The number of aromatic nitrogens is 2. The molecule has 2 aromatic heterocycles. The number of hydrogen-bond acceptors (Lipinski definition) is 7. The first kappa shape index (κ1) is 23.9. The molecule has 0 unspecified atom stereocenters. The summed E-state index contributed by atoms with van der Waals surface area (Å²) in [6.45, 7) is 1.70. The second-order valence-corrected chi connectivity index (χ2v) is 10.1.